The van der Waals surface area contributed by atoms with Crippen LogP contribution in [0.4, 0.5) is 4.79 Å². The number of aliphatic imine (C=N–C) groups is 1. The topological polar surface area (TPSA) is 287 Å². The number of aliphatic carboxylic acids is 1. The minimum Gasteiger partial charge on any atom is -0.494 e. The number of nitrogens with zero attached hydrogens (tertiary/aromatic N) is 3. The zero-order chi connectivity index (χ0) is 51.6. The van der Waals surface area contributed by atoms with Gasteiger partial charge in [-0.2, -0.15) is 9.82 Å². The van der Waals surface area contributed by atoms with E-state index in [4.69, 9.17) is 14.2 Å². The van der Waals surface area contributed by atoms with Crippen molar-refractivity contribution in [2.24, 2.45) is 4.99 Å². The second kappa shape index (κ2) is 26.2. The summed E-state index contributed by atoms with van der Waals surface area (Å²) in [6.45, 7) is 9.91. The van der Waals surface area contributed by atoms with E-state index in [0.29, 0.717) is 24.2 Å². The van der Waals surface area contributed by atoms with Crippen molar-refractivity contribution in [3.8, 4) is 5.75 Å². The first kappa shape index (κ1) is 54.9. The van der Waals surface area contributed by atoms with E-state index in [1.807, 2.05) is 10.7 Å². The summed E-state index contributed by atoms with van der Waals surface area (Å²) in [7, 11) is -4.41. The van der Waals surface area contributed by atoms with Gasteiger partial charge in [0.25, 0.3) is 5.91 Å². The van der Waals surface area contributed by atoms with Gasteiger partial charge in [0, 0.05) is 62.9 Å². The van der Waals surface area contributed by atoms with Crippen LogP contribution >= 0.6 is 0 Å². The number of hydrogen-bond acceptors (Lipinski definition) is 14. The predicted molar refractivity (Wildman–Crippen MR) is 263 cm³/mol. The van der Waals surface area contributed by atoms with Crippen LogP contribution in [0.25, 0.3) is 10.9 Å². The smallest absolute Gasteiger partial charge is 0.408 e. The fraction of sp³-hybridized carbons (Fsp3) is 0.469. The first-order valence-electron chi connectivity index (χ1n) is 23.5. The van der Waals surface area contributed by atoms with E-state index in [1.165, 1.54) is 26.0 Å². The number of aryl methyl sites for hydroxylation is 2. The average Bonchev–Trinajstić information content (AvgIpc) is 3.72. The van der Waals surface area contributed by atoms with Gasteiger partial charge in [-0.05, 0) is 107 Å². The molecule has 4 amide bonds. The van der Waals surface area contributed by atoms with E-state index >= 15 is 0 Å². The number of aromatic nitrogens is 2. The molecule has 7 N–H and O–H groups in total. The summed E-state index contributed by atoms with van der Waals surface area (Å²) in [5.41, 5.74) is 1.63. The maximum absolute atomic E-state index is 13.6. The first-order chi connectivity index (χ1) is 33.8. The molecule has 0 fully saturated rings. The number of amidine groups is 1. The molecule has 3 aromatic carbocycles. The zero-order valence-electron chi connectivity index (χ0n) is 40.8. The normalized spacial score (nSPS) is 13.5. The van der Waals surface area contributed by atoms with Crippen LogP contribution in [0.1, 0.15) is 92.8 Å². The second-order valence-electron chi connectivity index (χ2n) is 17.9. The van der Waals surface area contributed by atoms with Crippen molar-refractivity contribution >= 4 is 62.5 Å². The Morgan fingerprint density at radius 1 is 0.873 bits per heavy atom. The van der Waals surface area contributed by atoms with Crippen molar-refractivity contribution in [2.75, 3.05) is 39.3 Å². The van der Waals surface area contributed by atoms with Gasteiger partial charge in [-0.15, -0.1) is 0 Å². The third kappa shape index (κ3) is 18.0. The number of ether oxygens (including phenoxy) is 3. The number of fused-ring (bicyclic) bond motifs is 1. The number of esters is 1. The molecule has 5 rings (SSSR count). The van der Waals surface area contributed by atoms with Gasteiger partial charge < -0.3 is 45.9 Å². The van der Waals surface area contributed by atoms with E-state index in [0.717, 1.165) is 42.7 Å². The maximum Gasteiger partial charge on any atom is 0.408 e. The molecule has 21 nitrogen and oxygen atoms in total. The number of amides is 4. The number of carbonyl (C=O) groups excluding carboxylic acids is 5. The molecule has 22 heteroatoms. The van der Waals surface area contributed by atoms with Gasteiger partial charge >= 0.3 is 18.0 Å². The summed E-state index contributed by atoms with van der Waals surface area (Å²) in [6, 6.07) is 14.1. The highest BCUT2D eigenvalue weighted by atomic mass is 32.2. The molecule has 71 heavy (non-hydrogen) atoms. The SMILES string of the molecule is Cc1cc(OCCCC(=O)NCCNC(=O)[C@H](CCC(=O)OC(C)(C)C)NC(=O)OCc2ccccc2)cc(C)c1S(=O)(=O)N[C@@H](CNC(=O)c1ccc2c(cnn2CCNC2=NCCCC2)c1)C(=O)O. The van der Waals surface area contributed by atoms with Crippen molar-refractivity contribution in [1.82, 2.24) is 41.1 Å². The van der Waals surface area contributed by atoms with E-state index < -0.39 is 64.1 Å². The number of nitrogens with one attached hydrogen (secondary N) is 6. The van der Waals surface area contributed by atoms with Crippen LogP contribution in [0.15, 0.2) is 76.7 Å². The number of alkyl carbamates (subject to hydrolysis) is 1. The molecule has 0 bridgehead atoms. The van der Waals surface area contributed by atoms with E-state index in [-0.39, 0.29) is 79.5 Å². The second-order valence-corrected chi connectivity index (χ2v) is 19.6. The third-order valence-corrected chi connectivity index (χ3v) is 12.7. The Bertz CT molecular complexity index is 2630. The average molecular weight is 1000 g/mol. The summed E-state index contributed by atoms with van der Waals surface area (Å²) in [4.78, 5) is 80.3. The van der Waals surface area contributed by atoms with Gasteiger partial charge in [0.05, 0.1) is 35.6 Å². The number of rotatable bonds is 25. The highest BCUT2D eigenvalue weighted by Crippen LogP contribution is 2.26. The molecule has 2 atom stereocenters. The Morgan fingerprint density at radius 2 is 1.61 bits per heavy atom. The molecule has 0 saturated carbocycles. The Morgan fingerprint density at radius 3 is 2.30 bits per heavy atom. The fourth-order valence-electron chi connectivity index (χ4n) is 7.55. The zero-order valence-corrected chi connectivity index (χ0v) is 41.6. The number of sulfonamides is 1. The quantitative estimate of drug-likeness (QED) is 0.0368. The van der Waals surface area contributed by atoms with Crippen LogP contribution in [0.2, 0.25) is 0 Å². The minimum absolute atomic E-state index is 0.0236. The molecule has 0 spiro atoms. The van der Waals surface area contributed by atoms with Crippen LogP contribution in [0.3, 0.4) is 0 Å². The number of carboxylic acids is 1. The van der Waals surface area contributed by atoms with Crippen LogP contribution in [0.5, 0.6) is 5.75 Å². The first-order valence-corrected chi connectivity index (χ1v) is 25.0. The molecule has 0 radical (unpaired) electrons. The van der Waals surface area contributed by atoms with Crippen LogP contribution in [0, 0.1) is 13.8 Å². The van der Waals surface area contributed by atoms with Crippen molar-refractivity contribution < 1.29 is 56.5 Å². The number of carboxylic acid groups (broad SMARTS) is 1. The number of benzene rings is 3. The van der Waals surface area contributed by atoms with E-state index in [1.54, 1.807) is 69.4 Å². The van der Waals surface area contributed by atoms with Crippen LogP contribution in [-0.4, -0.2) is 122 Å². The molecule has 2 heterocycles. The van der Waals surface area contributed by atoms with Gasteiger partial charge in [-0.25, -0.2) is 13.2 Å². The summed E-state index contributed by atoms with van der Waals surface area (Å²) in [5, 5.41) is 28.8. The fourth-order valence-corrected chi connectivity index (χ4v) is 9.19. The molecule has 0 aliphatic carbocycles. The molecule has 1 aliphatic heterocycles. The van der Waals surface area contributed by atoms with E-state index in [9.17, 15) is 42.3 Å². The molecule has 1 aromatic heterocycles. The largest absolute Gasteiger partial charge is 0.494 e. The Balaban J connectivity index is 1.04. The highest BCUT2D eigenvalue weighted by Gasteiger charge is 2.29. The Labute approximate surface area is 413 Å². The minimum atomic E-state index is -4.41. The third-order valence-electron chi connectivity index (χ3n) is 10.9. The molecule has 0 saturated heterocycles. The molecule has 0 unspecified atom stereocenters. The van der Waals surface area contributed by atoms with Crippen molar-refractivity contribution in [2.45, 2.75) is 115 Å². The van der Waals surface area contributed by atoms with Gasteiger partial charge in [-0.1, -0.05) is 30.3 Å². The monoisotopic (exact) mass is 1000 g/mol. The molecule has 1 aliphatic rings. The molecule has 4 aromatic rings. The van der Waals surface area contributed by atoms with Gasteiger partial charge in [0.15, 0.2) is 0 Å². The van der Waals surface area contributed by atoms with E-state index in [2.05, 4.69) is 41.4 Å². The Kier molecular flexibility index (Phi) is 20.3. The van der Waals surface area contributed by atoms with Crippen molar-refractivity contribution in [1.29, 1.82) is 0 Å². The van der Waals surface area contributed by atoms with Gasteiger partial charge in [0.1, 0.15) is 30.0 Å². The maximum atomic E-state index is 13.6. The standard InChI is InChI=1S/C49H65N9O12S/c1-32-26-37(68-25-11-15-42(59)52-21-22-53-46(62)38(17-19-43(60)70-49(3,4)5)56-48(65)69-31-34-12-7-6-8-13-34)27-33(2)44(32)71(66,67)57-39(47(63)64)30-54-45(61)35-16-18-40-36(28-35)29-55-58(40)24-23-51-41-14-9-10-20-50-41/h6-8,12-13,16,18,26-29,38-39,57H,9-11,14-15,17,19-25,30-31H2,1-5H3,(H,50,51)(H,52,59)(H,53,62)(H,54,61)(H,56,65)(H,63,64)/t38-,39-/m0/s1. The summed E-state index contributed by atoms with van der Waals surface area (Å²) < 4.78 is 47.6. The summed E-state index contributed by atoms with van der Waals surface area (Å²) in [5.74, 6) is -2.21. The lowest BCUT2D eigenvalue weighted by atomic mass is 10.1. The van der Waals surface area contributed by atoms with Crippen molar-refractivity contribution in [3.63, 3.8) is 0 Å². The molecule has 384 valence electrons. The van der Waals surface area contributed by atoms with Crippen LogP contribution in [-0.2, 0) is 51.8 Å². The van der Waals surface area contributed by atoms with Gasteiger partial charge in [0.2, 0.25) is 21.8 Å². The highest BCUT2D eigenvalue weighted by molar-refractivity contribution is 7.89. The summed E-state index contributed by atoms with van der Waals surface area (Å²) >= 11 is 0. The lowest BCUT2D eigenvalue weighted by Crippen LogP contribution is -2.48. The number of hydrogen-bond donors (Lipinski definition) is 7. The lowest BCUT2D eigenvalue weighted by molar-refractivity contribution is -0.155. The Hall–Kier alpha value is -7.07. The van der Waals surface area contributed by atoms with Crippen molar-refractivity contribution in [3.05, 3.63) is 89.1 Å². The predicted octanol–water partition coefficient (Wildman–Crippen LogP) is 3.79. The summed E-state index contributed by atoms with van der Waals surface area (Å²) in [6.07, 6.45) is 4.08. The van der Waals surface area contributed by atoms with Crippen LogP contribution < -0.4 is 36.0 Å². The van der Waals surface area contributed by atoms with Gasteiger partial charge in [-0.3, -0.25) is 33.6 Å². The lowest BCUT2D eigenvalue weighted by Gasteiger charge is -2.21. The molecular weight excluding hydrogens is 939 g/mol. The number of carbonyl (C=O) groups is 6. The molecular formula is C49H65N9O12S.